The molecule has 0 saturated heterocycles. The fraction of sp³-hybridized carbons (Fsp3) is 0.467. The Balaban J connectivity index is 2.45. The summed E-state index contributed by atoms with van der Waals surface area (Å²) in [5, 5.41) is 8.84. The molecule has 2 N–H and O–H groups in total. The van der Waals surface area contributed by atoms with Crippen molar-refractivity contribution < 1.29 is 4.79 Å². The van der Waals surface area contributed by atoms with E-state index in [2.05, 4.69) is 6.07 Å². The summed E-state index contributed by atoms with van der Waals surface area (Å²) in [5.41, 5.74) is 6.76. The summed E-state index contributed by atoms with van der Waals surface area (Å²) >= 11 is 0. The first-order chi connectivity index (χ1) is 9.19. The third-order valence-corrected chi connectivity index (χ3v) is 3.08. The van der Waals surface area contributed by atoms with Gasteiger partial charge >= 0.3 is 0 Å². The summed E-state index contributed by atoms with van der Waals surface area (Å²) in [6, 6.07) is 9.17. The molecule has 19 heavy (non-hydrogen) atoms. The van der Waals surface area contributed by atoms with Crippen LogP contribution in [0.3, 0.4) is 0 Å². The SMILES string of the molecule is CN(C(=O)CCCCCCN)c1cccc(C#N)c1. The van der Waals surface area contributed by atoms with E-state index < -0.39 is 0 Å². The molecule has 0 heterocycles. The van der Waals surface area contributed by atoms with E-state index in [0.717, 1.165) is 37.9 Å². The van der Waals surface area contributed by atoms with Gasteiger partial charge in [-0.1, -0.05) is 18.9 Å². The van der Waals surface area contributed by atoms with Gasteiger partial charge in [0.15, 0.2) is 0 Å². The van der Waals surface area contributed by atoms with Gasteiger partial charge in [-0.3, -0.25) is 4.79 Å². The zero-order valence-electron chi connectivity index (χ0n) is 11.4. The lowest BCUT2D eigenvalue weighted by atomic mass is 10.1. The van der Waals surface area contributed by atoms with Gasteiger partial charge in [-0.25, -0.2) is 0 Å². The molecule has 0 aliphatic rings. The van der Waals surface area contributed by atoms with Gasteiger partial charge in [-0.05, 0) is 37.6 Å². The van der Waals surface area contributed by atoms with Crippen molar-refractivity contribution >= 4 is 11.6 Å². The summed E-state index contributed by atoms with van der Waals surface area (Å²) in [6.45, 7) is 0.717. The van der Waals surface area contributed by atoms with E-state index in [1.807, 2.05) is 6.07 Å². The van der Waals surface area contributed by atoms with Crippen molar-refractivity contribution in [3.05, 3.63) is 29.8 Å². The minimum atomic E-state index is 0.0860. The topological polar surface area (TPSA) is 70.1 Å². The maximum absolute atomic E-state index is 12.0. The molecule has 1 rings (SSSR count). The van der Waals surface area contributed by atoms with Crippen LogP contribution in [0.1, 0.15) is 37.7 Å². The maximum atomic E-state index is 12.0. The number of hydrogen-bond acceptors (Lipinski definition) is 3. The highest BCUT2D eigenvalue weighted by molar-refractivity contribution is 5.92. The van der Waals surface area contributed by atoms with Crippen LogP contribution in [0.25, 0.3) is 0 Å². The van der Waals surface area contributed by atoms with Crippen LogP contribution in [0.5, 0.6) is 0 Å². The van der Waals surface area contributed by atoms with Gasteiger partial charge in [-0.2, -0.15) is 5.26 Å². The molecule has 1 amide bonds. The molecular weight excluding hydrogens is 238 g/mol. The lowest BCUT2D eigenvalue weighted by Crippen LogP contribution is -2.25. The van der Waals surface area contributed by atoms with Crippen molar-refractivity contribution in [3.63, 3.8) is 0 Å². The van der Waals surface area contributed by atoms with Gasteiger partial charge in [0.05, 0.1) is 11.6 Å². The summed E-state index contributed by atoms with van der Waals surface area (Å²) in [7, 11) is 1.75. The second-order valence-electron chi connectivity index (χ2n) is 4.57. The Morgan fingerprint density at radius 1 is 1.32 bits per heavy atom. The van der Waals surface area contributed by atoms with Crippen LogP contribution >= 0.6 is 0 Å². The molecule has 0 saturated carbocycles. The Hall–Kier alpha value is -1.86. The van der Waals surface area contributed by atoms with E-state index in [1.54, 1.807) is 30.1 Å². The van der Waals surface area contributed by atoms with Crippen molar-refractivity contribution in [2.24, 2.45) is 5.73 Å². The third-order valence-electron chi connectivity index (χ3n) is 3.08. The van der Waals surface area contributed by atoms with Crippen molar-refractivity contribution in [3.8, 4) is 6.07 Å². The number of rotatable bonds is 7. The summed E-state index contributed by atoms with van der Waals surface area (Å²) in [5.74, 6) is 0.0860. The molecule has 1 aromatic carbocycles. The van der Waals surface area contributed by atoms with Crippen LogP contribution in [0, 0.1) is 11.3 Å². The van der Waals surface area contributed by atoms with E-state index in [9.17, 15) is 4.79 Å². The number of nitriles is 1. The fourth-order valence-corrected chi connectivity index (χ4v) is 1.87. The van der Waals surface area contributed by atoms with E-state index in [4.69, 9.17) is 11.0 Å². The predicted molar refractivity (Wildman–Crippen MR) is 76.7 cm³/mol. The Morgan fingerprint density at radius 3 is 2.74 bits per heavy atom. The minimum Gasteiger partial charge on any atom is -0.330 e. The number of nitrogens with zero attached hydrogens (tertiary/aromatic N) is 2. The molecular formula is C15H21N3O. The number of carbonyl (C=O) groups excluding carboxylic acids is 1. The van der Waals surface area contributed by atoms with Crippen molar-refractivity contribution in [1.82, 2.24) is 0 Å². The molecule has 0 aliphatic heterocycles. The Kier molecular flexibility index (Phi) is 6.62. The van der Waals surface area contributed by atoms with Gasteiger partial charge < -0.3 is 10.6 Å². The number of unbranched alkanes of at least 4 members (excludes halogenated alkanes) is 3. The zero-order valence-corrected chi connectivity index (χ0v) is 11.4. The normalized spacial score (nSPS) is 9.95. The number of hydrogen-bond donors (Lipinski definition) is 1. The van der Waals surface area contributed by atoms with Crippen LogP contribution in [0.15, 0.2) is 24.3 Å². The standard InChI is InChI=1S/C15H21N3O/c1-18(14-8-6-7-13(11-14)12-17)15(19)9-4-2-3-5-10-16/h6-8,11H,2-5,9-10,16H2,1H3. The number of carbonyl (C=O) groups is 1. The second-order valence-corrected chi connectivity index (χ2v) is 4.57. The van der Waals surface area contributed by atoms with E-state index in [1.165, 1.54) is 0 Å². The predicted octanol–water partition coefficient (Wildman–Crippen LogP) is 2.43. The molecule has 1 aromatic rings. The van der Waals surface area contributed by atoms with E-state index in [0.29, 0.717) is 12.0 Å². The lowest BCUT2D eigenvalue weighted by Gasteiger charge is -2.17. The Morgan fingerprint density at radius 2 is 2.05 bits per heavy atom. The number of nitrogens with two attached hydrogens (primary N) is 1. The van der Waals surface area contributed by atoms with Crippen LogP contribution in [-0.4, -0.2) is 19.5 Å². The van der Waals surface area contributed by atoms with Crippen molar-refractivity contribution in [1.29, 1.82) is 5.26 Å². The second kappa shape index (κ2) is 8.28. The van der Waals surface area contributed by atoms with E-state index >= 15 is 0 Å². The van der Waals surface area contributed by atoms with Crippen LogP contribution in [-0.2, 0) is 4.79 Å². The molecule has 0 spiro atoms. The molecule has 0 fully saturated rings. The minimum absolute atomic E-state index is 0.0860. The quantitative estimate of drug-likeness (QED) is 0.764. The smallest absolute Gasteiger partial charge is 0.226 e. The molecule has 4 heteroatoms. The van der Waals surface area contributed by atoms with Crippen LogP contribution < -0.4 is 10.6 Å². The highest BCUT2D eigenvalue weighted by Gasteiger charge is 2.10. The highest BCUT2D eigenvalue weighted by Crippen LogP contribution is 2.16. The molecule has 0 unspecified atom stereocenters. The number of amides is 1. The van der Waals surface area contributed by atoms with Gasteiger partial charge in [-0.15, -0.1) is 0 Å². The van der Waals surface area contributed by atoms with Gasteiger partial charge in [0.1, 0.15) is 0 Å². The van der Waals surface area contributed by atoms with Crippen LogP contribution in [0.4, 0.5) is 5.69 Å². The molecule has 4 nitrogen and oxygen atoms in total. The fourth-order valence-electron chi connectivity index (χ4n) is 1.87. The Bertz CT molecular complexity index is 451. The summed E-state index contributed by atoms with van der Waals surface area (Å²) in [6.07, 6.45) is 4.57. The first-order valence-electron chi connectivity index (χ1n) is 6.66. The summed E-state index contributed by atoms with van der Waals surface area (Å²) < 4.78 is 0. The lowest BCUT2D eigenvalue weighted by molar-refractivity contribution is -0.118. The van der Waals surface area contributed by atoms with Gasteiger partial charge in [0.25, 0.3) is 0 Å². The molecule has 0 aromatic heterocycles. The first kappa shape index (κ1) is 15.2. The zero-order chi connectivity index (χ0) is 14.1. The largest absolute Gasteiger partial charge is 0.330 e. The van der Waals surface area contributed by atoms with Crippen molar-refractivity contribution in [2.45, 2.75) is 32.1 Å². The number of anilines is 1. The average molecular weight is 259 g/mol. The van der Waals surface area contributed by atoms with Crippen LogP contribution in [0.2, 0.25) is 0 Å². The monoisotopic (exact) mass is 259 g/mol. The molecule has 0 bridgehead atoms. The molecule has 0 atom stereocenters. The van der Waals surface area contributed by atoms with Gasteiger partial charge in [0, 0.05) is 19.2 Å². The molecule has 0 aliphatic carbocycles. The molecule has 0 radical (unpaired) electrons. The molecule has 102 valence electrons. The average Bonchev–Trinajstić information content (AvgIpc) is 2.46. The van der Waals surface area contributed by atoms with E-state index in [-0.39, 0.29) is 5.91 Å². The third kappa shape index (κ3) is 5.11. The van der Waals surface area contributed by atoms with Gasteiger partial charge in [0.2, 0.25) is 5.91 Å². The maximum Gasteiger partial charge on any atom is 0.226 e. The Labute approximate surface area is 114 Å². The number of benzene rings is 1. The first-order valence-corrected chi connectivity index (χ1v) is 6.66. The summed E-state index contributed by atoms with van der Waals surface area (Å²) in [4.78, 5) is 13.6. The highest BCUT2D eigenvalue weighted by atomic mass is 16.2. The van der Waals surface area contributed by atoms with Crippen molar-refractivity contribution in [2.75, 3.05) is 18.5 Å².